The fourth-order valence-corrected chi connectivity index (χ4v) is 1.93. The first-order valence-electron chi connectivity index (χ1n) is 6.73. The zero-order valence-electron chi connectivity index (χ0n) is 12.5. The molecular weight excluding hydrogens is 316 g/mol. The van der Waals surface area contributed by atoms with Gasteiger partial charge in [-0.05, 0) is 13.0 Å². The van der Waals surface area contributed by atoms with Crippen molar-refractivity contribution in [1.82, 2.24) is 5.43 Å². The van der Waals surface area contributed by atoms with Gasteiger partial charge in [0.25, 0.3) is 17.3 Å². The van der Waals surface area contributed by atoms with Gasteiger partial charge in [-0.25, -0.2) is 5.43 Å². The molecule has 24 heavy (non-hydrogen) atoms. The Labute approximate surface area is 135 Å². The highest BCUT2D eigenvalue weighted by atomic mass is 16.6. The van der Waals surface area contributed by atoms with Gasteiger partial charge in [0, 0.05) is 23.8 Å². The lowest BCUT2D eigenvalue weighted by atomic mass is 10.1. The van der Waals surface area contributed by atoms with E-state index >= 15 is 0 Å². The molecule has 0 bridgehead atoms. The zero-order valence-corrected chi connectivity index (χ0v) is 12.5. The van der Waals surface area contributed by atoms with E-state index in [1.54, 1.807) is 13.0 Å². The van der Waals surface area contributed by atoms with E-state index in [2.05, 4.69) is 10.5 Å². The highest BCUT2D eigenvalue weighted by Crippen LogP contribution is 2.17. The molecule has 0 saturated carbocycles. The van der Waals surface area contributed by atoms with Crippen molar-refractivity contribution in [2.45, 2.75) is 6.92 Å². The van der Waals surface area contributed by atoms with E-state index in [0.717, 1.165) is 0 Å². The summed E-state index contributed by atoms with van der Waals surface area (Å²) in [5, 5.41) is 25.5. The maximum absolute atomic E-state index is 12.1. The third kappa shape index (κ3) is 3.77. The van der Waals surface area contributed by atoms with Crippen molar-refractivity contribution in [1.29, 1.82) is 0 Å². The number of hydrogen-bond acceptors (Lipinski definition) is 6. The Hall–Kier alpha value is -3.62. The van der Waals surface area contributed by atoms with Crippen LogP contribution in [0, 0.1) is 20.2 Å². The van der Waals surface area contributed by atoms with Crippen molar-refractivity contribution in [2.24, 2.45) is 5.10 Å². The Bertz CT molecular complexity index is 847. The molecule has 0 atom stereocenters. The van der Waals surface area contributed by atoms with Gasteiger partial charge in [0.2, 0.25) is 0 Å². The first-order chi connectivity index (χ1) is 11.4. The van der Waals surface area contributed by atoms with Crippen molar-refractivity contribution in [3.8, 4) is 0 Å². The van der Waals surface area contributed by atoms with Crippen molar-refractivity contribution in [2.75, 3.05) is 0 Å². The van der Waals surface area contributed by atoms with Crippen LogP contribution < -0.4 is 5.43 Å². The molecular formula is C15H12N4O5. The van der Waals surface area contributed by atoms with Crippen LogP contribution in [-0.4, -0.2) is 21.5 Å². The molecule has 0 unspecified atom stereocenters. The number of nitrogens with one attached hydrogen (secondary N) is 1. The predicted molar refractivity (Wildman–Crippen MR) is 85.9 cm³/mol. The maximum Gasteiger partial charge on any atom is 0.282 e. The fourth-order valence-electron chi connectivity index (χ4n) is 1.93. The molecule has 1 N–H and O–H groups in total. The highest BCUT2D eigenvalue weighted by molar-refractivity contribution is 6.02. The molecule has 1 amide bonds. The van der Waals surface area contributed by atoms with Crippen LogP contribution in [0.3, 0.4) is 0 Å². The average molecular weight is 328 g/mol. The number of nitrogens with zero attached hydrogens (tertiary/aromatic N) is 3. The molecule has 2 aromatic carbocycles. The van der Waals surface area contributed by atoms with E-state index < -0.39 is 15.8 Å². The van der Waals surface area contributed by atoms with E-state index in [0.29, 0.717) is 11.3 Å². The van der Waals surface area contributed by atoms with Crippen molar-refractivity contribution in [3.05, 3.63) is 79.9 Å². The molecule has 0 aliphatic heterocycles. The van der Waals surface area contributed by atoms with Gasteiger partial charge in [-0.15, -0.1) is 0 Å². The van der Waals surface area contributed by atoms with Crippen LogP contribution in [-0.2, 0) is 0 Å². The predicted octanol–water partition coefficient (Wildman–Crippen LogP) is 2.66. The summed E-state index contributed by atoms with van der Waals surface area (Å²) < 4.78 is 0. The number of rotatable bonds is 5. The molecule has 122 valence electrons. The second kappa shape index (κ2) is 7.09. The maximum atomic E-state index is 12.1. The van der Waals surface area contributed by atoms with Crippen LogP contribution in [0.2, 0.25) is 0 Å². The topological polar surface area (TPSA) is 128 Å². The van der Waals surface area contributed by atoms with Gasteiger partial charge in [-0.1, -0.05) is 24.3 Å². The molecule has 0 spiro atoms. The molecule has 0 aromatic heterocycles. The number of non-ortho nitro benzene ring substituents is 1. The molecule has 9 heteroatoms. The fraction of sp³-hybridized carbons (Fsp3) is 0.0667. The third-order valence-electron chi connectivity index (χ3n) is 3.15. The van der Waals surface area contributed by atoms with Crippen molar-refractivity contribution in [3.63, 3.8) is 0 Å². The molecule has 0 fully saturated rings. The summed E-state index contributed by atoms with van der Waals surface area (Å²) in [6.45, 7) is 1.55. The summed E-state index contributed by atoms with van der Waals surface area (Å²) in [6.07, 6.45) is 0. The normalized spacial score (nSPS) is 11.0. The number of para-hydroxylation sites is 1. The van der Waals surface area contributed by atoms with Crippen LogP contribution >= 0.6 is 0 Å². The van der Waals surface area contributed by atoms with Gasteiger partial charge in [-0.2, -0.15) is 5.10 Å². The van der Waals surface area contributed by atoms with E-state index in [-0.39, 0.29) is 16.9 Å². The van der Waals surface area contributed by atoms with Crippen LogP contribution in [0.5, 0.6) is 0 Å². The Kier molecular flexibility index (Phi) is 4.95. The third-order valence-corrected chi connectivity index (χ3v) is 3.15. The highest BCUT2D eigenvalue weighted by Gasteiger charge is 2.18. The first kappa shape index (κ1) is 16.7. The minimum atomic E-state index is -0.743. The smallest absolute Gasteiger partial charge is 0.267 e. The quantitative estimate of drug-likeness (QED) is 0.512. The van der Waals surface area contributed by atoms with Crippen molar-refractivity contribution < 1.29 is 14.6 Å². The van der Waals surface area contributed by atoms with Gasteiger partial charge in [0.15, 0.2) is 0 Å². The lowest BCUT2D eigenvalue weighted by Gasteiger charge is -2.04. The largest absolute Gasteiger partial charge is 0.282 e. The summed E-state index contributed by atoms with van der Waals surface area (Å²) in [6, 6.07) is 11.2. The Morgan fingerprint density at radius 2 is 1.75 bits per heavy atom. The van der Waals surface area contributed by atoms with E-state index in [4.69, 9.17) is 0 Å². The number of nitro groups is 2. The Morgan fingerprint density at radius 3 is 2.42 bits per heavy atom. The van der Waals surface area contributed by atoms with Crippen LogP contribution in [0.1, 0.15) is 22.8 Å². The number of hydrazone groups is 1. The molecule has 0 aliphatic rings. The molecule has 0 aliphatic carbocycles. The standard InChI is InChI=1S/C15H12N4O5/c1-10(11-5-4-6-12(9-11)18(21)22)16-17-15(20)13-7-2-3-8-14(13)19(23)24/h2-9H,1H3,(H,17,20)/b16-10-. The number of benzene rings is 2. The second-order valence-electron chi connectivity index (χ2n) is 4.72. The number of nitro benzene ring substituents is 2. The van der Waals surface area contributed by atoms with Gasteiger partial charge < -0.3 is 0 Å². The number of carbonyl (C=O) groups is 1. The molecule has 9 nitrogen and oxygen atoms in total. The van der Waals surface area contributed by atoms with Gasteiger partial charge in [0.05, 0.1) is 15.6 Å². The summed E-state index contributed by atoms with van der Waals surface area (Å²) in [7, 11) is 0. The summed E-state index contributed by atoms with van der Waals surface area (Å²) in [4.78, 5) is 32.5. The van der Waals surface area contributed by atoms with Gasteiger partial charge in [0.1, 0.15) is 5.56 Å². The monoisotopic (exact) mass is 328 g/mol. The van der Waals surface area contributed by atoms with Crippen LogP contribution in [0.15, 0.2) is 53.6 Å². The number of hydrogen-bond donors (Lipinski definition) is 1. The van der Waals surface area contributed by atoms with E-state index in [1.807, 2.05) is 0 Å². The van der Waals surface area contributed by atoms with E-state index in [9.17, 15) is 25.0 Å². The first-order valence-corrected chi connectivity index (χ1v) is 6.73. The van der Waals surface area contributed by atoms with Gasteiger partial charge >= 0.3 is 0 Å². The lowest BCUT2D eigenvalue weighted by molar-refractivity contribution is -0.385. The number of amides is 1. The summed E-state index contributed by atoms with van der Waals surface area (Å²) in [5.41, 5.74) is 2.43. The minimum Gasteiger partial charge on any atom is -0.267 e. The summed E-state index contributed by atoms with van der Waals surface area (Å²) in [5.74, 6) is -0.743. The van der Waals surface area contributed by atoms with Crippen molar-refractivity contribution >= 4 is 23.0 Å². The number of carbonyl (C=O) groups excluding carboxylic acids is 1. The Morgan fingerprint density at radius 1 is 1.04 bits per heavy atom. The van der Waals surface area contributed by atoms with Crippen LogP contribution in [0.4, 0.5) is 11.4 Å². The molecule has 0 heterocycles. The van der Waals surface area contributed by atoms with E-state index in [1.165, 1.54) is 42.5 Å². The average Bonchev–Trinajstić information content (AvgIpc) is 2.59. The lowest BCUT2D eigenvalue weighted by Crippen LogP contribution is -2.20. The molecule has 0 saturated heterocycles. The van der Waals surface area contributed by atoms with Gasteiger partial charge in [-0.3, -0.25) is 25.0 Å². The van der Waals surface area contributed by atoms with Crippen LogP contribution in [0.25, 0.3) is 0 Å². The Balaban J connectivity index is 2.21. The zero-order chi connectivity index (χ0) is 17.7. The molecule has 0 radical (unpaired) electrons. The molecule has 2 aromatic rings. The molecule has 2 rings (SSSR count). The summed E-state index contributed by atoms with van der Waals surface area (Å²) >= 11 is 0. The SMILES string of the molecule is C/C(=N/NC(=O)c1ccccc1[N+](=O)[O-])c1cccc([N+](=O)[O-])c1. The second-order valence-corrected chi connectivity index (χ2v) is 4.72. The minimum absolute atomic E-state index is 0.105.